The summed E-state index contributed by atoms with van der Waals surface area (Å²) in [5.41, 5.74) is 1.94. The number of morpholine rings is 1. The van der Waals surface area contributed by atoms with Crippen LogP contribution in [-0.2, 0) is 20.7 Å². The highest BCUT2D eigenvalue weighted by Gasteiger charge is 2.56. The maximum Gasteiger partial charge on any atom is 0.247 e. The number of carbonyl (C=O) groups excluding carboxylic acids is 2. The van der Waals surface area contributed by atoms with Crippen LogP contribution in [-0.4, -0.2) is 67.0 Å². The third kappa shape index (κ3) is 4.39. The second-order valence-electron chi connectivity index (χ2n) is 11.7. The molecule has 0 spiro atoms. The molecule has 1 N–H and O–H groups in total. The molecule has 4 aliphatic carbocycles. The third-order valence-corrected chi connectivity index (χ3v) is 9.35. The number of nitrogens with one attached hydrogen (secondary N) is 1. The maximum atomic E-state index is 13.8. The van der Waals surface area contributed by atoms with E-state index in [4.69, 9.17) is 4.74 Å². The molecule has 6 heteroatoms. The largest absolute Gasteiger partial charge is 0.379 e. The van der Waals surface area contributed by atoms with Gasteiger partial charge in [-0.05, 0) is 93.2 Å². The lowest BCUT2D eigenvalue weighted by Gasteiger charge is -2.56. The summed E-state index contributed by atoms with van der Waals surface area (Å²) >= 11 is 0. The number of anilines is 1. The van der Waals surface area contributed by atoms with E-state index in [-0.39, 0.29) is 17.4 Å². The smallest absolute Gasteiger partial charge is 0.247 e. The molecule has 2 heterocycles. The fourth-order valence-electron chi connectivity index (χ4n) is 8.05. The van der Waals surface area contributed by atoms with E-state index in [2.05, 4.69) is 22.3 Å². The minimum Gasteiger partial charge on any atom is -0.379 e. The number of ether oxygens (including phenoxy) is 1. The van der Waals surface area contributed by atoms with Crippen molar-refractivity contribution in [1.29, 1.82) is 0 Å². The van der Waals surface area contributed by atoms with Gasteiger partial charge in [-0.25, -0.2) is 0 Å². The summed E-state index contributed by atoms with van der Waals surface area (Å²) in [5.74, 6) is 2.50. The molecule has 1 aromatic carbocycles. The Kier molecular flexibility index (Phi) is 6.14. The topological polar surface area (TPSA) is 61.9 Å². The Bertz CT molecular complexity index is 873. The highest BCUT2D eigenvalue weighted by molar-refractivity contribution is 5.98. The molecule has 0 aromatic heterocycles. The van der Waals surface area contributed by atoms with Crippen molar-refractivity contribution in [2.24, 2.45) is 23.2 Å². The number of hydrogen-bond donors (Lipinski definition) is 1. The van der Waals surface area contributed by atoms with Gasteiger partial charge in [0.05, 0.1) is 18.6 Å². The lowest BCUT2D eigenvalue weighted by Crippen LogP contribution is -2.56. The van der Waals surface area contributed by atoms with Gasteiger partial charge in [0.2, 0.25) is 11.8 Å². The first kappa shape index (κ1) is 22.5. The van der Waals surface area contributed by atoms with Gasteiger partial charge < -0.3 is 15.0 Å². The van der Waals surface area contributed by atoms with Gasteiger partial charge in [-0.2, -0.15) is 0 Å². The summed E-state index contributed by atoms with van der Waals surface area (Å²) in [7, 11) is 0. The predicted octanol–water partition coefficient (Wildman–Crippen LogP) is 3.71. The average Bonchev–Trinajstić information content (AvgIpc) is 3.33. The first-order valence-corrected chi connectivity index (χ1v) is 13.6. The van der Waals surface area contributed by atoms with Gasteiger partial charge in [-0.3, -0.25) is 14.5 Å². The molecule has 1 unspecified atom stereocenters. The highest BCUT2D eigenvalue weighted by atomic mass is 16.5. The van der Waals surface area contributed by atoms with Crippen molar-refractivity contribution in [3.63, 3.8) is 0 Å². The van der Waals surface area contributed by atoms with Gasteiger partial charge in [0, 0.05) is 31.9 Å². The Labute approximate surface area is 203 Å². The number of rotatable bonds is 6. The van der Waals surface area contributed by atoms with Crippen molar-refractivity contribution in [2.75, 3.05) is 44.7 Å². The maximum absolute atomic E-state index is 13.8. The number of benzene rings is 1. The molecule has 2 amide bonds. The van der Waals surface area contributed by atoms with Crippen LogP contribution in [0, 0.1) is 23.2 Å². The number of amides is 2. The molecule has 0 radical (unpaired) electrons. The standard InChI is InChI=1S/C28H39N3O3/c32-26(29-24-5-3-20(4-6-24)7-9-30-10-12-34-13-11-30)25-2-1-8-31(25)27(33)28-17-21-14-22(18-28)16-23(15-21)19-28/h3-6,21-23,25H,1-2,7-19H2,(H,29,32). The summed E-state index contributed by atoms with van der Waals surface area (Å²) in [6.45, 7) is 5.45. The molecule has 4 saturated carbocycles. The molecular formula is C28H39N3O3. The molecule has 6 nitrogen and oxygen atoms in total. The average molecular weight is 466 g/mol. The lowest BCUT2D eigenvalue weighted by molar-refractivity contribution is -0.160. The van der Waals surface area contributed by atoms with Gasteiger partial charge in [-0.15, -0.1) is 0 Å². The quantitative estimate of drug-likeness (QED) is 0.696. The number of hydrogen-bond acceptors (Lipinski definition) is 4. The second kappa shape index (κ2) is 9.27. The van der Waals surface area contributed by atoms with Crippen LogP contribution >= 0.6 is 0 Å². The molecule has 1 aromatic rings. The number of nitrogens with zero attached hydrogens (tertiary/aromatic N) is 2. The van der Waals surface area contributed by atoms with E-state index in [1.165, 1.54) is 24.8 Å². The highest BCUT2D eigenvalue weighted by Crippen LogP contribution is 2.60. The molecule has 6 aliphatic rings. The number of likely N-dealkylation sites (tertiary alicyclic amines) is 1. The normalized spacial score (nSPS) is 35.0. The van der Waals surface area contributed by atoms with Crippen LogP contribution in [0.1, 0.15) is 56.9 Å². The first-order valence-electron chi connectivity index (χ1n) is 13.6. The monoisotopic (exact) mass is 465 g/mol. The fourth-order valence-corrected chi connectivity index (χ4v) is 8.05. The SMILES string of the molecule is O=C(Nc1ccc(CCN2CCOCC2)cc1)C1CCCN1C(=O)C12CC3CC(CC(C3)C1)C2. The summed E-state index contributed by atoms with van der Waals surface area (Å²) in [6.07, 6.45) is 9.90. The van der Waals surface area contributed by atoms with Crippen LogP contribution in [0.25, 0.3) is 0 Å². The molecule has 34 heavy (non-hydrogen) atoms. The third-order valence-electron chi connectivity index (χ3n) is 9.35. The van der Waals surface area contributed by atoms with E-state index < -0.39 is 0 Å². The number of carbonyl (C=O) groups is 2. The lowest BCUT2D eigenvalue weighted by atomic mass is 9.49. The molecule has 4 bridgehead atoms. The fraction of sp³-hybridized carbons (Fsp3) is 0.714. The molecule has 7 rings (SSSR count). The van der Waals surface area contributed by atoms with E-state index in [1.54, 1.807) is 0 Å². The van der Waals surface area contributed by atoms with Crippen LogP contribution in [0.15, 0.2) is 24.3 Å². The summed E-state index contributed by atoms with van der Waals surface area (Å²) in [5, 5.41) is 3.12. The zero-order valence-electron chi connectivity index (χ0n) is 20.3. The van der Waals surface area contributed by atoms with Crippen molar-refractivity contribution in [3.8, 4) is 0 Å². The van der Waals surface area contributed by atoms with Crippen molar-refractivity contribution < 1.29 is 14.3 Å². The second-order valence-corrected chi connectivity index (χ2v) is 11.7. The molecule has 2 saturated heterocycles. The molecule has 184 valence electrons. The summed E-state index contributed by atoms with van der Waals surface area (Å²) < 4.78 is 5.42. The van der Waals surface area contributed by atoms with Crippen LogP contribution in [0.4, 0.5) is 5.69 Å². The Hall–Kier alpha value is -1.92. The first-order chi connectivity index (χ1) is 16.6. The van der Waals surface area contributed by atoms with E-state index in [9.17, 15) is 9.59 Å². The van der Waals surface area contributed by atoms with Gasteiger partial charge in [0.1, 0.15) is 6.04 Å². The summed E-state index contributed by atoms with van der Waals surface area (Å²) in [4.78, 5) is 31.5. The van der Waals surface area contributed by atoms with Gasteiger partial charge in [0.15, 0.2) is 0 Å². The van der Waals surface area contributed by atoms with E-state index in [0.29, 0.717) is 5.91 Å². The van der Waals surface area contributed by atoms with E-state index >= 15 is 0 Å². The molecular weight excluding hydrogens is 426 g/mol. The zero-order chi connectivity index (χ0) is 23.1. The van der Waals surface area contributed by atoms with Crippen LogP contribution in [0.2, 0.25) is 0 Å². The minimum absolute atomic E-state index is 0.0170. The summed E-state index contributed by atoms with van der Waals surface area (Å²) in [6, 6.07) is 7.92. The Morgan fingerprint density at radius 1 is 0.941 bits per heavy atom. The molecule has 1 atom stereocenters. The van der Waals surface area contributed by atoms with E-state index in [0.717, 1.165) is 101 Å². The van der Waals surface area contributed by atoms with Gasteiger partial charge >= 0.3 is 0 Å². The Morgan fingerprint density at radius 2 is 1.59 bits per heavy atom. The Morgan fingerprint density at radius 3 is 2.24 bits per heavy atom. The molecule has 2 aliphatic heterocycles. The van der Waals surface area contributed by atoms with Crippen molar-refractivity contribution >= 4 is 17.5 Å². The van der Waals surface area contributed by atoms with E-state index in [1.807, 2.05) is 17.0 Å². The predicted molar refractivity (Wildman–Crippen MR) is 131 cm³/mol. The molecule has 6 fully saturated rings. The van der Waals surface area contributed by atoms with Crippen molar-refractivity contribution in [2.45, 2.75) is 63.8 Å². The van der Waals surface area contributed by atoms with Crippen LogP contribution in [0.5, 0.6) is 0 Å². The zero-order valence-corrected chi connectivity index (χ0v) is 20.3. The van der Waals surface area contributed by atoms with Crippen LogP contribution < -0.4 is 5.32 Å². The van der Waals surface area contributed by atoms with Gasteiger partial charge in [-0.1, -0.05) is 12.1 Å². The van der Waals surface area contributed by atoms with Crippen LogP contribution in [0.3, 0.4) is 0 Å². The van der Waals surface area contributed by atoms with Gasteiger partial charge in [0.25, 0.3) is 0 Å². The Balaban J connectivity index is 1.06. The van der Waals surface area contributed by atoms with Crippen molar-refractivity contribution in [1.82, 2.24) is 9.80 Å². The van der Waals surface area contributed by atoms with Crippen molar-refractivity contribution in [3.05, 3.63) is 29.8 Å². The minimum atomic E-state index is -0.318.